The van der Waals surface area contributed by atoms with Crippen molar-refractivity contribution >= 4 is 17.3 Å². The molecule has 0 aliphatic heterocycles. The highest BCUT2D eigenvalue weighted by molar-refractivity contribution is 6.29. The van der Waals surface area contributed by atoms with Crippen molar-refractivity contribution in [1.82, 2.24) is 4.98 Å². The molecular weight excluding hydrogens is 248 g/mol. The molecule has 0 atom stereocenters. The third-order valence-corrected chi connectivity index (χ3v) is 1.94. The van der Waals surface area contributed by atoms with Gasteiger partial charge < -0.3 is 9.47 Å². The number of nitro groups is 1. The Morgan fingerprint density at radius 3 is 2.76 bits per heavy atom. The van der Waals surface area contributed by atoms with Gasteiger partial charge in [-0.1, -0.05) is 11.6 Å². The van der Waals surface area contributed by atoms with Crippen LogP contribution >= 0.6 is 11.6 Å². The van der Waals surface area contributed by atoms with Gasteiger partial charge in [-0.2, -0.15) is 0 Å². The molecule has 0 N–H and O–H groups in total. The SMILES string of the molecule is CC(C)OCCOc1cc([N+](=O)[O-])cc(Cl)n1. The van der Waals surface area contributed by atoms with Gasteiger partial charge in [0.15, 0.2) is 0 Å². The van der Waals surface area contributed by atoms with Gasteiger partial charge in [0.2, 0.25) is 5.88 Å². The van der Waals surface area contributed by atoms with Crippen molar-refractivity contribution in [2.75, 3.05) is 13.2 Å². The minimum absolute atomic E-state index is 0.0268. The number of aromatic nitrogens is 1. The monoisotopic (exact) mass is 260 g/mol. The molecule has 0 amide bonds. The predicted octanol–water partition coefficient (Wildman–Crippen LogP) is 2.45. The average molecular weight is 261 g/mol. The minimum Gasteiger partial charge on any atom is -0.475 e. The quantitative estimate of drug-likeness (QED) is 0.340. The minimum atomic E-state index is -0.551. The first-order valence-corrected chi connectivity index (χ1v) is 5.43. The van der Waals surface area contributed by atoms with E-state index >= 15 is 0 Å². The molecule has 0 aliphatic carbocycles. The lowest BCUT2D eigenvalue weighted by Gasteiger charge is -2.08. The van der Waals surface area contributed by atoms with Crippen molar-refractivity contribution in [3.63, 3.8) is 0 Å². The summed E-state index contributed by atoms with van der Waals surface area (Å²) in [6, 6.07) is 2.39. The van der Waals surface area contributed by atoms with Crippen molar-refractivity contribution in [3.8, 4) is 5.88 Å². The molecule has 1 rings (SSSR count). The third kappa shape index (κ3) is 4.97. The maximum atomic E-state index is 10.6. The van der Waals surface area contributed by atoms with Gasteiger partial charge in [-0.25, -0.2) is 4.98 Å². The summed E-state index contributed by atoms with van der Waals surface area (Å²) in [5.41, 5.74) is -0.148. The second kappa shape index (κ2) is 6.36. The summed E-state index contributed by atoms with van der Waals surface area (Å²) < 4.78 is 10.5. The molecule has 94 valence electrons. The van der Waals surface area contributed by atoms with Gasteiger partial charge in [0.25, 0.3) is 5.69 Å². The van der Waals surface area contributed by atoms with E-state index in [-0.39, 0.29) is 29.4 Å². The molecule has 0 spiro atoms. The zero-order valence-electron chi connectivity index (χ0n) is 9.55. The summed E-state index contributed by atoms with van der Waals surface area (Å²) in [6.07, 6.45) is 0.111. The molecule has 1 aromatic heterocycles. The summed E-state index contributed by atoms with van der Waals surface area (Å²) in [7, 11) is 0. The number of halogens is 1. The van der Waals surface area contributed by atoms with E-state index in [0.29, 0.717) is 6.61 Å². The molecular formula is C10H13ClN2O4. The van der Waals surface area contributed by atoms with Crippen LogP contribution in [-0.4, -0.2) is 29.2 Å². The summed E-state index contributed by atoms with van der Waals surface area (Å²) in [6.45, 7) is 4.47. The van der Waals surface area contributed by atoms with Crippen LogP contribution in [0.3, 0.4) is 0 Å². The fourth-order valence-electron chi connectivity index (χ4n) is 1.07. The molecule has 17 heavy (non-hydrogen) atoms. The zero-order chi connectivity index (χ0) is 12.8. The number of hydrogen-bond donors (Lipinski definition) is 0. The van der Waals surface area contributed by atoms with Gasteiger partial charge in [-0.15, -0.1) is 0 Å². The van der Waals surface area contributed by atoms with Gasteiger partial charge in [0.05, 0.1) is 29.8 Å². The van der Waals surface area contributed by atoms with Crippen LogP contribution in [0.15, 0.2) is 12.1 Å². The van der Waals surface area contributed by atoms with Crippen LogP contribution in [0.4, 0.5) is 5.69 Å². The fraction of sp³-hybridized carbons (Fsp3) is 0.500. The van der Waals surface area contributed by atoms with Crippen LogP contribution in [0.5, 0.6) is 5.88 Å². The van der Waals surface area contributed by atoms with E-state index in [0.717, 1.165) is 0 Å². The first-order chi connectivity index (χ1) is 7.99. The highest BCUT2D eigenvalue weighted by Crippen LogP contribution is 2.21. The van der Waals surface area contributed by atoms with Crippen LogP contribution in [0.1, 0.15) is 13.8 Å². The van der Waals surface area contributed by atoms with Gasteiger partial charge in [0.1, 0.15) is 11.8 Å². The summed E-state index contributed by atoms with van der Waals surface area (Å²) in [4.78, 5) is 13.8. The molecule has 6 nitrogen and oxygen atoms in total. The van der Waals surface area contributed by atoms with E-state index < -0.39 is 4.92 Å². The number of ether oxygens (including phenoxy) is 2. The van der Waals surface area contributed by atoms with E-state index in [4.69, 9.17) is 21.1 Å². The zero-order valence-corrected chi connectivity index (χ0v) is 10.3. The maximum Gasteiger partial charge on any atom is 0.277 e. The first kappa shape index (κ1) is 13.7. The molecule has 0 aromatic carbocycles. The van der Waals surface area contributed by atoms with E-state index in [1.54, 1.807) is 0 Å². The van der Waals surface area contributed by atoms with Crippen LogP contribution in [-0.2, 0) is 4.74 Å². The van der Waals surface area contributed by atoms with Crippen LogP contribution in [0.2, 0.25) is 5.15 Å². The lowest BCUT2D eigenvalue weighted by atomic mass is 10.4. The Bertz CT molecular complexity index is 398. The average Bonchev–Trinajstić information content (AvgIpc) is 2.23. The number of pyridine rings is 1. The van der Waals surface area contributed by atoms with E-state index in [1.807, 2.05) is 13.8 Å². The van der Waals surface area contributed by atoms with Crippen LogP contribution in [0, 0.1) is 10.1 Å². The topological polar surface area (TPSA) is 74.5 Å². The predicted molar refractivity (Wildman–Crippen MR) is 62.5 cm³/mol. The molecule has 1 heterocycles. The van der Waals surface area contributed by atoms with Gasteiger partial charge in [0, 0.05) is 0 Å². The number of rotatable bonds is 6. The molecule has 0 aliphatic rings. The molecule has 1 aromatic rings. The third-order valence-electron chi connectivity index (χ3n) is 1.75. The molecule has 0 fully saturated rings. The molecule has 0 saturated heterocycles. The summed E-state index contributed by atoms with van der Waals surface area (Å²) in [5, 5.41) is 10.6. The Labute approximate surface area is 104 Å². The highest BCUT2D eigenvalue weighted by atomic mass is 35.5. The Balaban J connectivity index is 2.56. The second-order valence-electron chi connectivity index (χ2n) is 3.51. The maximum absolute atomic E-state index is 10.6. The Morgan fingerprint density at radius 1 is 1.47 bits per heavy atom. The fourth-order valence-corrected chi connectivity index (χ4v) is 1.26. The van der Waals surface area contributed by atoms with E-state index in [1.165, 1.54) is 12.1 Å². The highest BCUT2D eigenvalue weighted by Gasteiger charge is 2.10. The standard InChI is InChI=1S/C10H13ClN2O4/c1-7(2)16-3-4-17-10-6-8(13(14)15)5-9(11)12-10/h5-7H,3-4H2,1-2H3. The van der Waals surface area contributed by atoms with Gasteiger partial charge >= 0.3 is 0 Å². The van der Waals surface area contributed by atoms with Crippen LogP contribution < -0.4 is 4.74 Å². The summed E-state index contributed by atoms with van der Waals surface area (Å²) >= 11 is 5.63. The van der Waals surface area contributed by atoms with E-state index in [9.17, 15) is 10.1 Å². The smallest absolute Gasteiger partial charge is 0.277 e. The second-order valence-corrected chi connectivity index (χ2v) is 3.90. The van der Waals surface area contributed by atoms with Crippen LogP contribution in [0.25, 0.3) is 0 Å². The molecule has 0 saturated carbocycles. The number of hydrogen-bond acceptors (Lipinski definition) is 5. The number of nitrogens with zero attached hydrogens (tertiary/aromatic N) is 2. The van der Waals surface area contributed by atoms with E-state index in [2.05, 4.69) is 4.98 Å². The Kier molecular flexibility index (Phi) is 5.11. The Hall–Kier alpha value is -1.40. The van der Waals surface area contributed by atoms with Crippen molar-refractivity contribution in [3.05, 3.63) is 27.4 Å². The van der Waals surface area contributed by atoms with Crippen molar-refractivity contribution < 1.29 is 14.4 Å². The Morgan fingerprint density at radius 2 is 2.18 bits per heavy atom. The van der Waals surface area contributed by atoms with Crippen molar-refractivity contribution in [2.24, 2.45) is 0 Å². The first-order valence-electron chi connectivity index (χ1n) is 5.05. The molecule has 0 bridgehead atoms. The summed E-state index contributed by atoms with van der Waals surface area (Å²) in [5.74, 6) is 0.122. The largest absolute Gasteiger partial charge is 0.475 e. The van der Waals surface area contributed by atoms with Gasteiger partial charge in [-0.3, -0.25) is 10.1 Å². The van der Waals surface area contributed by atoms with Crippen molar-refractivity contribution in [2.45, 2.75) is 20.0 Å². The molecule has 0 unspecified atom stereocenters. The van der Waals surface area contributed by atoms with Gasteiger partial charge in [-0.05, 0) is 13.8 Å². The van der Waals surface area contributed by atoms with Crippen molar-refractivity contribution in [1.29, 1.82) is 0 Å². The normalized spacial score (nSPS) is 10.6. The molecule has 7 heteroatoms. The lowest BCUT2D eigenvalue weighted by Crippen LogP contribution is -2.11. The molecule has 0 radical (unpaired) electrons. The lowest BCUT2D eigenvalue weighted by molar-refractivity contribution is -0.385.